The van der Waals surface area contributed by atoms with E-state index in [-0.39, 0.29) is 0 Å². The Hall–Kier alpha value is -2.80. The minimum atomic E-state index is -0.450. The first kappa shape index (κ1) is 17.6. The monoisotopic (exact) mass is 428 g/mol. The van der Waals surface area contributed by atoms with Gasteiger partial charge < -0.3 is 14.2 Å². The molecule has 0 unspecified atom stereocenters. The maximum absolute atomic E-state index is 12.3. The second-order valence-electron chi connectivity index (χ2n) is 6.10. The van der Waals surface area contributed by atoms with E-state index in [0.717, 1.165) is 32.5 Å². The number of ether oxygens (including phenoxy) is 3. The lowest BCUT2D eigenvalue weighted by molar-refractivity contribution is 0.0592. The number of halogens is 1. The summed E-state index contributed by atoms with van der Waals surface area (Å²) in [7, 11) is 4.57. The Kier molecular flexibility index (Phi) is 4.39. The molecule has 1 aliphatic carbocycles. The van der Waals surface area contributed by atoms with Crippen molar-refractivity contribution in [3.63, 3.8) is 0 Å². The second-order valence-corrected chi connectivity index (χ2v) is 7.01. The van der Waals surface area contributed by atoms with Gasteiger partial charge in [-0.15, -0.1) is 0 Å². The predicted molar refractivity (Wildman–Crippen MR) is 104 cm³/mol. The molecular formula is C20H17BrN2O4. The third kappa shape index (κ3) is 2.78. The molecule has 6 nitrogen and oxygen atoms in total. The van der Waals surface area contributed by atoms with Gasteiger partial charge in [0.15, 0.2) is 17.2 Å². The van der Waals surface area contributed by atoms with Crippen LogP contribution < -0.4 is 9.47 Å². The summed E-state index contributed by atoms with van der Waals surface area (Å²) in [6.07, 6.45) is 0.575. The lowest BCUT2D eigenvalue weighted by Crippen LogP contribution is -2.07. The average molecular weight is 429 g/mol. The number of aromatic nitrogens is 2. The topological polar surface area (TPSA) is 62.6 Å². The quantitative estimate of drug-likeness (QED) is 0.459. The standard InChI is InChI=1S/C20H17BrN2O4/c1-25-16-9-11-8-15-18(20(24)27-3)22-23(13-6-4-12(21)5-7-13)19(15)14(11)10-17(16)26-2/h4-7,9-10H,8H2,1-3H3. The van der Waals surface area contributed by atoms with Crippen LogP contribution in [-0.4, -0.2) is 37.1 Å². The number of rotatable bonds is 4. The van der Waals surface area contributed by atoms with Crippen molar-refractivity contribution in [3.05, 3.63) is 57.7 Å². The highest BCUT2D eigenvalue weighted by atomic mass is 79.9. The number of carbonyl (C=O) groups excluding carboxylic acids is 1. The number of carbonyl (C=O) groups is 1. The van der Waals surface area contributed by atoms with E-state index >= 15 is 0 Å². The van der Waals surface area contributed by atoms with Gasteiger partial charge in [0.05, 0.1) is 32.7 Å². The molecule has 0 N–H and O–H groups in total. The summed E-state index contributed by atoms with van der Waals surface area (Å²) in [6, 6.07) is 11.6. The summed E-state index contributed by atoms with van der Waals surface area (Å²) in [6.45, 7) is 0. The van der Waals surface area contributed by atoms with Gasteiger partial charge in [0.1, 0.15) is 0 Å². The van der Waals surface area contributed by atoms with Crippen molar-refractivity contribution in [3.8, 4) is 28.4 Å². The molecule has 27 heavy (non-hydrogen) atoms. The van der Waals surface area contributed by atoms with E-state index in [0.29, 0.717) is 23.6 Å². The summed E-state index contributed by atoms with van der Waals surface area (Å²) in [4.78, 5) is 12.3. The molecule has 1 aromatic heterocycles. The Morgan fingerprint density at radius 2 is 1.74 bits per heavy atom. The van der Waals surface area contributed by atoms with Crippen molar-refractivity contribution in [1.29, 1.82) is 0 Å². The SMILES string of the molecule is COC(=O)c1nn(-c2ccc(Br)cc2)c2c1Cc1cc(OC)c(OC)cc1-2. The molecule has 2 aromatic carbocycles. The number of methoxy groups -OCH3 is 3. The average Bonchev–Trinajstić information content (AvgIpc) is 3.23. The molecule has 3 aromatic rings. The first-order valence-corrected chi connectivity index (χ1v) is 9.08. The fourth-order valence-corrected chi connectivity index (χ4v) is 3.67. The molecule has 7 heteroatoms. The molecule has 1 heterocycles. The van der Waals surface area contributed by atoms with E-state index in [4.69, 9.17) is 14.2 Å². The van der Waals surface area contributed by atoms with Gasteiger partial charge in [0.2, 0.25) is 0 Å². The third-order valence-corrected chi connectivity index (χ3v) is 5.19. The number of esters is 1. The second kappa shape index (κ2) is 6.74. The molecule has 1 aliphatic rings. The van der Waals surface area contributed by atoms with Gasteiger partial charge in [0, 0.05) is 22.0 Å². The maximum Gasteiger partial charge on any atom is 0.358 e. The molecule has 0 amide bonds. The van der Waals surface area contributed by atoms with Crippen LogP contribution in [0.15, 0.2) is 40.9 Å². The Bertz CT molecular complexity index is 1040. The molecule has 0 bridgehead atoms. The molecule has 4 rings (SSSR count). The van der Waals surface area contributed by atoms with Gasteiger partial charge in [-0.1, -0.05) is 15.9 Å². The normalized spacial score (nSPS) is 11.7. The number of fused-ring (bicyclic) bond motifs is 3. The molecule has 0 saturated heterocycles. The number of hydrogen-bond acceptors (Lipinski definition) is 5. The number of hydrogen-bond donors (Lipinski definition) is 0. The smallest absolute Gasteiger partial charge is 0.358 e. The molecule has 0 radical (unpaired) electrons. The van der Waals surface area contributed by atoms with Gasteiger partial charge >= 0.3 is 5.97 Å². The van der Waals surface area contributed by atoms with Crippen LogP contribution in [0.1, 0.15) is 21.6 Å². The zero-order chi connectivity index (χ0) is 19.1. The molecule has 0 fully saturated rings. The van der Waals surface area contributed by atoms with Gasteiger partial charge in [-0.05, 0) is 42.0 Å². The Balaban J connectivity index is 1.97. The number of benzene rings is 2. The van der Waals surface area contributed by atoms with Crippen LogP contribution in [-0.2, 0) is 11.2 Å². The van der Waals surface area contributed by atoms with Gasteiger partial charge in [-0.25, -0.2) is 9.48 Å². The minimum Gasteiger partial charge on any atom is -0.493 e. The van der Waals surface area contributed by atoms with Crippen molar-refractivity contribution < 1.29 is 19.0 Å². The van der Waals surface area contributed by atoms with Gasteiger partial charge in [-0.2, -0.15) is 5.10 Å². The molecule has 0 spiro atoms. The molecule has 0 atom stereocenters. The van der Waals surface area contributed by atoms with Crippen molar-refractivity contribution in [2.24, 2.45) is 0 Å². The summed E-state index contributed by atoms with van der Waals surface area (Å²) < 4.78 is 18.6. The highest BCUT2D eigenvalue weighted by Gasteiger charge is 2.32. The fraction of sp³-hybridized carbons (Fsp3) is 0.200. The van der Waals surface area contributed by atoms with E-state index < -0.39 is 5.97 Å². The zero-order valence-electron chi connectivity index (χ0n) is 15.1. The maximum atomic E-state index is 12.3. The summed E-state index contributed by atoms with van der Waals surface area (Å²) in [5, 5.41) is 4.55. The summed E-state index contributed by atoms with van der Waals surface area (Å²) >= 11 is 3.45. The predicted octanol–water partition coefficient (Wildman–Crippen LogP) is 4.01. The van der Waals surface area contributed by atoms with E-state index in [1.54, 1.807) is 18.9 Å². The first-order valence-electron chi connectivity index (χ1n) is 8.28. The third-order valence-electron chi connectivity index (χ3n) is 4.67. The van der Waals surface area contributed by atoms with Crippen LogP contribution in [0.5, 0.6) is 11.5 Å². The molecular weight excluding hydrogens is 412 g/mol. The van der Waals surface area contributed by atoms with Crippen LogP contribution >= 0.6 is 15.9 Å². The minimum absolute atomic E-state index is 0.324. The van der Waals surface area contributed by atoms with Gasteiger partial charge in [-0.3, -0.25) is 0 Å². The van der Waals surface area contributed by atoms with Gasteiger partial charge in [0.25, 0.3) is 0 Å². The summed E-state index contributed by atoms with van der Waals surface area (Å²) in [5.74, 6) is 0.838. The van der Waals surface area contributed by atoms with E-state index in [1.807, 2.05) is 36.4 Å². The lowest BCUT2D eigenvalue weighted by Gasteiger charge is -2.12. The molecule has 0 aliphatic heterocycles. The lowest BCUT2D eigenvalue weighted by atomic mass is 10.1. The van der Waals surface area contributed by atoms with Crippen molar-refractivity contribution in [2.45, 2.75) is 6.42 Å². The largest absolute Gasteiger partial charge is 0.493 e. The Morgan fingerprint density at radius 1 is 1.07 bits per heavy atom. The van der Waals surface area contributed by atoms with Crippen LogP contribution in [0.25, 0.3) is 16.9 Å². The molecule has 0 saturated carbocycles. The Labute approximate surface area is 164 Å². The van der Waals surface area contributed by atoms with Crippen molar-refractivity contribution >= 4 is 21.9 Å². The zero-order valence-corrected chi connectivity index (χ0v) is 16.7. The molecule has 138 valence electrons. The van der Waals surface area contributed by atoms with E-state index in [2.05, 4.69) is 21.0 Å². The van der Waals surface area contributed by atoms with Crippen molar-refractivity contribution in [2.75, 3.05) is 21.3 Å². The van der Waals surface area contributed by atoms with Crippen LogP contribution in [0, 0.1) is 0 Å². The highest BCUT2D eigenvalue weighted by molar-refractivity contribution is 9.10. The summed E-state index contributed by atoms with van der Waals surface area (Å²) in [5.41, 5.74) is 4.91. The van der Waals surface area contributed by atoms with E-state index in [1.165, 1.54) is 7.11 Å². The fourth-order valence-electron chi connectivity index (χ4n) is 3.40. The first-order chi connectivity index (χ1) is 13.1. The van der Waals surface area contributed by atoms with Crippen LogP contribution in [0.2, 0.25) is 0 Å². The highest BCUT2D eigenvalue weighted by Crippen LogP contribution is 2.44. The number of nitrogens with zero attached hydrogens (tertiary/aromatic N) is 2. The van der Waals surface area contributed by atoms with Crippen molar-refractivity contribution in [1.82, 2.24) is 9.78 Å². The van der Waals surface area contributed by atoms with Crippen LogP contribution in [0.4, 0.5) is 0 Å². The van der Waals surface area contributed by atoms with Crippen LogP contribution in [0.3, 0.4) is 0 Å². The Morgan fingerprint density at radius 3 is 2.37 bits per heavy atom. The van der Waals surface area contributed by atoms with E-state index in [9.17, 15) is 4.79 Å².